The van der Waals surface area contributed by atoms with E-state index >= 15 is 0 Å². The molecule has 0 radical (unpaired) electrons. The van der Waals surface area contributed by atoms with Crippen molar-refractivity contribution in [2.24, 2.45) is 7.05 Å². The lowest BCUT2D eigenvalue weighted by Gasteiger charge is -2.36. The predicted octanol–water partition coefficient (Wildman–Crippen LogP) is 0.926. The van der Waals surface area contributed by atoms with Crippen molar-refractivity contribution < 1.29 is 4.79 Å². The minimum atomic E-state index is -0.0492. The highest BCUT2D eigenvalue weighted by atomic mass is 16.1. The van der Waals surface area contributed by atoms with Crippen LogP contribution in [0, 0.1) is 0 Å². The average molecular weight is 313 g/mol. The topological polar surface area (TPSA) is 62.2 Å². The van der Waals surface area contributed by atoms with E-state index in [1.165, 1.54) is 0 Å². The van der Waals surface area contributed by atoms with Crippen molar-refractivity contribution in [3.05, 3.63) is 53.3 Å². The molecule has 1 atom stereocenters. The van der Waals surface area contributed by atoms with E-state index in [0.717, 1.165) is 37.4 Å². The summed E-state index contributed by atoms with van der Waals surface area (Å²) in [5.41, 5.74) is 2.93. The summed E-state index contributed by atoms with van der Waals surface area (Å²) in [4.78, 5) is 14.3. The largest absolute Gasteiger partial charge is 0.355 e. The molecular formula is C17H23N5O. The van der Waals surface area contributed by atoms with Crippen molar-refractivity contribution in [1.29, 1.82) is 0 Å². The van der Waals surface area contributed by atoms with Gasteiger partial charge >= 0.3 is 0 Å². The minimum Gasteiger partial charge on any atom is -0.355 e. The molecule has 122 valence electrons. The van der Waals surface area contributed by atoms with E-state index in [1.807, 2.05) is 36.1 Å². The highest BCUT2D eigenvalue weighted by Crippen LogP contribution is 2.24. The van der Waals surface area contributed by atoms with Crippen molar-refractivity contribution in [3.8, 4) is 0 Å². The molecule has 23 heavy (non-hydrogen) atoms. The molecule has 0 saturated carbocycles. The molecule has 1 aromatic carbocycles. The first-order valence-electron chi connectivity index (χ1n) is 7.92. The van der Waals surface area contributed by atoms with Gasteiger partial charge in [-0.2, -0.15) is 5.10 Å². The Morgan fingerprint density at radius 3 is 3.04 bits per heavy atom. The fourth-order valence-electron chi connectivity index (χ4n) is 3.05. The standard InChI is InChI=1S/C17H23N5O/c1-18-17(23)14-5-3-4-13(10-14)16-11-19-7-9-22(16)12-15-6-8-21(2)20-15/h3-6,8,10,16,19H,7,9,11-12H2,1-2H3,(H,18,23). The number of aryl methyl sites for hydroxylation is 1. The number of amides is 1. The highest BCUT2D eigenvalue weighted by Gasteiger charge is 2.25. The summed E-state index contributed by atoms with van der Waals surface area (Å²) in [6.45, 7) is 3.63. The monoisotopic (exact) mass is 313 g/mol. The van der Waals surface area contributed by atoms with E-state index in [4.69, 9.17) is 0 Å². The van der Waals surface area contributed by atoms with Crippen LogP contribution in [-0.2, 0) is 13.6 Å². The van der Waals surface area contributed by atoms with Gasteiger partial charge in [-0.05, 0) is 23.8 Å². The van der Waals surface area contributed by atoms with Crippen LogP contribution < -0.4 is 10.6 Å². The summed E-state index contributed by atoms with van der Waals surface area (Å²) in [6, 6.07) is 10.2. The van der Waals surface area contributed by atoms with E-state index in [2.05, 4.69) is 32.8 Å². The summed E-state index contributed by atoms with van der Waals surface area (Å²) in [7, 11) is 3.59. The predicted molar refractivity (Wildman–Crippen MR) is 89.1 cm³/mol. The van der Waals surface area contributed by atoms with Gasteiger partial charge < -0.3 is 10.6 Å². The lowest BCUT2D eigenvalue weighted by molar-refractivity contribution is 0.0962. The van der Waals surface area contributed by atoms with E-state index in [0.29, 0.717) is 5.56 Å². The van der Waals surface area contributed by atoms with Crippen molar-refractivity contribution in [1.82, 2.24) is 25.3 Å². The highest BCUT2D eigenvalue weighted by molar-refractivity contribution is 5.94. The van der Waals surface area contributed by atoms with Crippen LogP contribution in [0.25, 0.3) is 0 Å². The number of nitrogens with zero attached hydrogens (tertiary/aromatic N) is 3. The van der Waals surface area contributed by atoms with Gasteiger partial charge in [-0.1, -0.05) is 12.1 Å². The average Bonchev–Trinajstić information content (AvgIpc) is 2.99. The Bertz CT molecular complexity index is 681. The van der Waals surface area contributed by atoms with Crippen molar-refractivity contribution >= 4 is 5.91 Å². The number of hydrogen-bond acceptors (Lipinski definition) is 4. The van der Waals surface area contributed by atoms with Gasteiger partial charge in [0.15, 0.2) is 0 Å². The molecule has 0 bridgehead atoms. The molecule has 1 aromatic heterocycles. The molecule has 3 rings (SSSR count). The normalized spacial score (nSPS) is 18.8. The number of piperazine rings is 1. The van der Waals surface area contributed by atoms with E-state index < -0.39 is 0 Å². The molecule has 1 aliphatic heterocycles. The summed E-state index contributed by atoms with van der Waals surface area (Å²) >= 11 is 0. The fourth-order valence-corrected chi connectivity index (χ4v) is 3.05. The number of benzene rings is 1. The third-order valence-electron chi connectivity index (χ3n) is 4.25. The molecule has 2 aromatic rings. The van der Waals surface area contributed by atoms with Gasteiger partial charge in [0, 0.05) is 58.1 Å². The van der Waals surface area contributed by atoms with Crippen LogP contribution in [0.3, 0.4) is 0 Å². The van der Waals surface area contributed by atoms with Crippen LogP contribution >= 0.6 is 0 Å². The Kier molecular flexibility index (Phi) is 4.73. The molecule has 1 saturated heterocycles. The van der Waals surface area contributed by atoms with Crippen LogP contribution in [0.2, 0.25) is 0 Å². The van der Waals surface area contributed by atoms with Crippen molar-refractivity contribution in [3.63, 3.8) is 0 Å². The Hall–Kier alpha value is -2.18. The van der Waals surface area contributed by atoms with E-state index in [9.17, 15) is 4.79 Å². The maximum atomic E-state index is 11.9. The first-order valence-corrected chi connectivity index (χ1v) is 7.92. The van der Waals surface area contributed by atoms with Gasteiger partial charge in [0.1, 0.15) is 0 Å². The molecule has 0 aliphatic carbocycles. The van der Waals surface area contributed by atoms with Crippen LogP contribution in [0.1, 0.15) is 27.7 Å². The van der Waals surface area contributed by atoms with Crippen LogP contribution in [-0.4, -0.2) is 47.3 Å². The van der Waals surface area contributed by atoms with Gasteiger partial charge in [0.05, 0.1) is 5.69 Å². The third-order valence-corrected chi connectivity index (χ3v) is 4.25. The molecule has 1 fully saturated rings. The zero-order valence-corrected chi connectivity index (χ0v) is 13.6. The molecule has 2 N–H and O–H groups in total. The molecule has 2 heterocycles. The third kappa shape index (κ3) is 3.60. The first-order chi connectivity index (χ1) is 11.2. The maximum absolute atomic E-state index is 11.9. The van der Waals surface area contributed by atoms with Crippen LogP contribution in [0.15, 0.2) is 36.5 Å². The second-order valence-corrected chi connectivity index (χ2v) is 5.88. The number of carbonyl (C=O) groups excluding carboxylic acids is 1. The lowest BCUT2D eigenvalue weighted by Crippen LogP contribution is -2.45. The molecule has 1 unspecified atom stereocenters. The van der Waals surface area contributed by atoms with E-state index in [1.54, 1.807) is 7.05 Å². The molecule has 6 heteroatoms. The minimum absolute atomic E-state index is 0.0492. The Labute approximate surface area is 136 Å². The smallest absolute Gasteiger partial charge is 0.251 e. The zero-order chi connectivity index (χ0) is 16.2. The lowest BCUT2D eigenvalue weighted by atomic mass is 10.0. The second-order valence-electron chi connectivity index (χ2n) is 5.88. The van der Waals surface area contributed by atoms with Crippen molar-refractivity contribution in [2.75, 3.05) is 26.7 Å². The quantitative estimate of drug-likeness (QED) is 0.881. The Balaban J connectivity index is 1.82. The van der Waals surface area contributed by atoms with E-state index in [-0.39, 0.29) is 11.9 Å². The number of rotatable bonds is 4. The number of nitrogens with one attached hydrogen (secondary N) is 2. The fraction of sp³-hybridized carbons (Fsp3) is 0.412. The van der Waals surface area contributed by atoms with Crippen molar-refractivity contribution in [2.45, 2.75) is 12.6 Å². The number of hydrogen-bond donors (Lipinski definition) is 2. The first kappa shape index (κ1) is 15.7. The molecule has 0 spiro atoms. The van der Waals surface area contributed by atoms with Gasteiger partial charge in [-0.25, -0.2) is 0 Å². The zero-order valence-electron chi connectivity index (χ0n) is 13.6. The number of carbonyl (C=O) groups is 1. The second kappa shape index (κ2) is 6.93. The molecular weight excluding hydrogens is 290 g/mol. The molecule has 1 aliphatic rings. The summed E-state index contributed by atoms with van der Waals surface area (Å²) in [5, 5.41) is 10.6. The Morgan fingerprint density at radius 1 is 1.43 bits per heavy atom. The van der Waals surface area contributed by atoms with Crippen LogP contribution in [0.4, 0.5) is 0 Å². The SMILES string of the molecule is CNC(=O)c1cccc(C2CNCCN2Cc2ccn(C)n2)c1. The maximum Gasteiger partial charge on any atom is 0.251 e. The van der Waals surface area contributed by atoms with Gasteiger partial charge in [-0.3, -0.25) is 14.4 Å². The van der Waals surface area contributed by atoms with Gasteiger partial charge in [0.2, 0.25) is 0 Å². The summed E-state index contributed by atoms with van der Waals surface area (Å²) in [5.74, 6) is -0.0492. The van der Waals surface area contributed by atoms with Crippen LogP contribution in [0.5, 0.6) is 0 Å². The summed E-state index contributed by atoms with van der Waals surface area (Å²) in [6.07, 6.45) is 1.97. The molecule has 1 amide bonds. The summed E-state index contributed by atoms with van der Waals surface area (Å²) < 4.78 is 1.83. The van der Waals surface area contributed by atoms with Gasteiger partial charge in [-0.15, -0.1) is 0 Å². The number of aromatic nitrogens is 2. The van der Waals surface area contributed by atoms with Gasteiger partial charge in [0.25, 0.3) is 5.91 Å². The molecule has 6 nitrogen and oxygen atoms in total. The Morgan fingerprint density at radius 2 is 2.30 bits per heavy atom.